The number of pyridine rings is 1. The van der Waals surface area contributed by atoms with E-state index in [0.717, 1.165) is 16.8 Å². The smallest absolute Gasteiger partial charge is 0.139 e. The van der Waals surface area contributed by atoms with Gasteiger partial charge in [-0.1, -0.05) is 0 Å². The van der Waals surface area contributed by atoms with Gasteiger partial charge in [-0.25, -0.2) is 4.98 Å². The van der Waals surface area contributed by atoms with Gasteiger partial charge in [-0.15, -0.1) is 0 Å². The zero-order valence-corrected chi connectivity index (χ0v) is 9.90. The minimum absolute atomic E-state index is 0.126. The van der Waals surface area contributed by atoms with Crippen LogP contribution in [-0.4, -0.2) is 24.1 Å². The highest BCUT2D eigenvalue weighted by atomic mass is 16.3. The summed E-state index contributed by atoms with van der Waals surface area (Å²) in [6, 6.07) is 3.79. The van der Waals surface area contributed by atoms with E-state index in [0.29, 0.717) is 6.54 Å². The Morgan fingerprint density at radius 2 is 2.19 bits per heavy atom. The highest BCUT2D eigenvalue weighted by Crippen LogP contribution is 2.28. The molecule has 2 N–H and O–H groups in total. The van der Waals surface area contributed by atoms with Crippen LogP contribution in [-0.2, 0) is 0 Å². The third-order valence-corrected chi connectivity index (χ3v) is 3.08. The van der Waals surface area contributed by atoms with Crippen LogP contribution in [0, 0.1) is 0 Å². The molecule has 86 valence electrons. The largest absolute Gasteiger partial charge is 0.464 e. The Hall–Kier alpha value is -1.55. The molecular formula is C12H17N3O. The molecule has 4 nitrogen and oxygen atoms in total. The van der Waals surface area contributed by atoms with Crippen LogP contribution in [0.2, 0.25) is 0 Å². The van der Waals surface area contributed by atoms with Gasteiger partial charge in [0.25, 0.3) is 0 Å². The van der Waals surface area contributed by atoms with Crippen molar-refractivity contribution >= 4 is 16.8 Å². The summed E-state index contributed by atoms with van der Waals surface area (Å²) in [5.74, 6) is 0.904. The summed E-state index contributed by atoms with van der Waals surface area (Å²) in [5, 5.41) is 1.02. The van der Waals surface area contributed by atoms with Crippen molar-refractivity contribution in [1.29, 1.82) is 0 Å². The summed E-state index contributed by atoms with van der Waals surface area (Å²) in [7, 11) is 2.00. The Balaban J connectivity index is 2.51. The van der Waals surface area contributed by atoms with Crippen molar-refractivity contribution in [2.45, 2.75) is 19.4 Å². The van der Waals surface area contributed by atoms with Crippen molar-refractivity contribution in [3.63, 3.8) is 0 Å². The maximum atomic E-state index is 5.77. The summed E-state index contributed by atoms with van der Waals surface area (Å²) >= 11 is 0. The zero-order valence-electron chi connectivity index (χ0n) is 9.90. The van der Waals surface area contributed by atoms with Gasteiger partial charge in [0.15, 0.2) is 0 Å². The number of hydrogen-bond acceptors (Lipinski definition) is 4. The minimum Gasteiger partial charge on any atom is -0.464 e. The molecule has 0 atom stereocenters. The number of nitrogens with two attached hydrogens (primary N) is 1. The van der Waals surface area contributed by atoms with Gasteiger partial charge in [0.05, 0.1) is 11.6 Å². The topological polar surface area (TPSA) is 55.3 Å². The average molecular weight is 219 g/mol. The van der Waals surface area contributed by atoms with E-state index in [9.17, 15) is 0 Å². The number of rotatable bonds is 3. The Morgan fingerprint density at radius 1 is 1.44 bits per heavy atom. The number of hydrogen-bond donors (Lipinski definition) is 1. The van der Waals surface area contributed by atoms with Gasteiger partial charge < -0.3 is 15.1 Å². The molecule has 2 rings (SSSR count). The number of fused-ring (bicyclic) bond motifs is 1. The third kappa shape index (κ3) is 1.65. The van der Waals surface area contributed by atoms with E-state index >= 15 is 0 Å². The van der Waals surface area contributed by atoms with E-state index in [1.54, 1.807) is 12.5 Å². The van der Waals surface area contributed by atoms with Crippen LogP contribution in [0.25, 0.3) is 11.0 Å². The molecule has 0 bridgehead atoms. The van der Waals surface area contributed by atoms with Gasteiger partial charge in [-0.05, 0) is 26.0 Å². The Bertz CT molecular complexity index is 490. The first-order chi connectivity index (χ1) is 7.56. The SMILES string of the molecule is CN(c1nccc2occc12)C(C)(C)CN. The van der Waals surface area contributed by atoms with E-state index in [-0.39, 0.29) is 5.54 Å². The van der Waals surface area contributed by atoms with Gasteiger partial charge in [0.2, 0.25) is 0 Å². The van der Waals surface area contributed by atoms with Crippen molar-refractivity contribution in [2.75, 3.05) is 18.5 Å². The van der Waals surface area contributed by atoms with Crippen molar-refractivity contribution in [3.8, 4) is 0 Å². The summed E-state index contributed by atoms with van der Waals surface area (Å²) in [6.45, 7) is 4.75. The van der Waals surface area contributed by atoms with Crippen LogP contribution in [0.1, 0.15) is 13.8 Å². The van der Waals surface area contributed by atoms with E-state index in [1.807, 2.05) is 19.2 Å². The number of anilines is 1. The predicted octanol–water partition coefficient (Wildman–Crippen LogP) is 2.00. The molecule has 0 radical (unpaired) electrons. The molecule has 2 heterocycles. The van der Waals surface area contributed by atoms with Gasteiger partial charge >= 0.3 is 0 Å². The molecule has 2 aromatic rings. The summed E-state index contributed by atoms with van der Waals surface area (Å²) < 4.78 is 5.36. The van der Waals surface area contributed by atoms with Crippen LogP contribution >= 0.6 is 0 Å². The van der Waals surface area contributed by atoms with Crippen LogP contribution in [0.15, 0.2) is 29.0 Å². The summed E-state index contributed by atoms with van der Waals surface area (Å²) in [4.78, 5) is 6.49. The van der Waals surface area contributed by atoms with E-state index in [4.69, 9.17) is 10.2 Å². The fraction of sp³-hybridized carbons (Fsp3) is 0.417. The van der Waals surface area contributed by atoms with Crippen LogP contribution in [0.3, 0.4) is 0 Å². The first-order valence-electron chi connectivity index (χ1n) is 5.32. The molecule has 0 aliphatic carbocycles. The van der Waals surface area contributed by atoms with Gasteiger partial charge in [-0.3, -0.25) is 0 Å². The molecule has 0 unspecified atom stereocenters. The van der Waals surface area contributed by atoms with Crippen molar-refractivity contribution in [3.05, 3.63) is 24.6 Å². The highest BCUT2D eigenvalue weighted by Gasteiger charge is 2.24. The molecule has 16 heavy (non-hydrogen) atoms. The Kier molecular flexibility index (Phi) is 2.59. The number of likely N-dealkylation sites (N-methyl/N-ethyl adjacent to an activating group) is 1. The standard InChI is InChI=1S/C12H17N3O/c1-12(2,8-13)15(3)11-9-5-7-16-10(9)4-6-14-11/h4-7H,8,13H2,1-3H3. The van der Waals surface area contributed by atoms with Crippen molar-refractivity contribution < 1.29 is 4.42 Å². The molecule has 0 fully saturated rings. The number of aromatic nitrogens is 1. The molecule has 4 heteroatoms. The molecule has 0 amide bonds. The number of nitrogens with zero attached hydrogens (tertiary/aromatic N) is 2. The highest BCUT2D eigenvalue weighted by molar-refractivity contribution is 5.88. The normalized spacial score (nSPS) is 12.0. The molecule has 0 aliphatic heterocycles. The Morgan fingerprint density at radius 3 is 2.88 bits per heavy atom. The van der Waals surface area contributed by atoms with E-state index in [2.05, 4.69) is 23.7 Å². The van der Waals surface area contributed by atoms with Crippen LogP contribution in [0.5, 0.6) is 0 Å². The maximum absolute atomic E-state index is 5.77. The van der Waals surface area contributed by atoms with E-state index in [1.165, 1.54) is 0 Å². The second-order valence-corrected chi connectivity index (χ2v) is 4.54. The van der Waals surface area contributed by atoms with Crippen molar-refractivity contribution in [2.24, 2.45) is 5.73 Å². The fourth-order valence-corrected chi connectivity index (χ4v) is 1.57. The lowest BCUT2D eigenvalue weighted by molar-refractivity contribution is 0.496. The predicted molar refractivity (Wildman–Crippen MR) is 65.5 cm³/mol. The number of furan rings is 1. The summed E-state index contributed by atoms with van der Waals surface area (Å²) in [5.41, 5.74) is 6.50. The third-order valence-electron chi connectivity index (χ3n) is 3.08. The monoisotopic (exact) mass is 219 g/mol. The lowest BCUT2D eigenvalue weighted by atomic mass is 10.0. The van der Waals surface area contributed by atoms with Gasteiger partial charge in [-0.2, -0.15) is 0 Å². The van der Waals surface area contributed by atoms with Crippen LogP contribution in [0.4, 0.5) is 5.82 Å². The fourth-order valence-electron chi connectivity index (χ4n) is 1.57. The van der Waals surface area contributed by atoms with Gasteiger partial charge in [0.1, 0.15) is 11.4 Å². The molecule has 2 aromatic heterocycles. The van der Waals surface area contributed by atoms with E-state index < -0.39 is 0 Å². The van der Waals surface area contributed by atoms with Gasteiger partial charge in [0, 0.05) is 25.3 Å². The average Bonchev–Trinajstić information content (AvgIpc) is 2.75. The second-order valence-electron chi connectivity index (χ2n) is 4.54. The lowest BCUT2D eigenvalue weighted by Gasteiger charge is -2.35. The minimum atomic E-state index is -0.126. The molecule has 0 saturated heterocycles. The maximum Gasteiger partial charge on any atom is 0.139 e. The Labute approximate surface area is 95.1 Å². The first kappa shape index (κ1) is 11.0. The molecule has 0 aliphatic rings. The van der Waals surface area contributed by atoms with Crippen molar-refractivity contribution in [1.82, 2.24) is 4.98 Å². The molecule has 0 aromatic carbocycles. The second kappa shape index (κ2) is 3.79. The molecule has 0 spiro atoms. The van der Waals surface area contributed by atoms with Crippen LogP contribution < -0.4 is 10.6 Å². The quantitative estimate of drug-likeness (QED) is 0.857. The summed E-state index contributed by atoms with van der Waals surface area (Å²) in [6.07, 6.45) is 3.43. The first-order valence-corrected chi connectivity index (χ1v) is 5.32. The zero-order chi connectivity index (χ0) is 11.8. The molecular weight excluding hydrogens is 202 g/mol. The molecule has 0 saturated carbocycles. The lowest BCUT2D eigenvalue weighted by Crippen LogP contribution is -2.47.